The van der Waals surface area contributed by atoms with E-state index in [1.807, 2.05) is 0 Å². The second kappa shape index (κ2) is 13.5. The van der Waals surface area contributed by atoms with E-state index in [9.17, 15) is 27.2 Å². The molecule has 6 heterocycles. The zero-order valence-electron chi connectivity index (χ0n) is 29.7. The lowest BCUT2D eigenvalue weighted by molar-refractivity contribution is 0.0991. The summed E-state index contributed by atoms with van der Waals surface area (Å²) in [6.07, 6.45) is 2.90. The van der Waals surface area contributed by atoms with Gasteiger partial charge in [0.05, 0.1) is 35.3 Å². The molecule has 56 heavy (non-hydrogen) atoms. The number of hydrogen-bond donors (Lipinski definition) is 2. The monoisotopic (exact) mass is 758 g/mol. The maximum Gasteiger partial charge on any atom is 0.185 e. The molecule has 2 N–H and O–H groups in total. The maximum absolute atomic E-state index is 14.2. The van der Waals surface area contributed by atoms with Gasteiger partial charge in [0.2, 0.25) is 0 Å². The Morgan fingerprint density at radius 1 is 0.571 bits per heavy atom. The molecule has 0 saturated carbocycles. The van der Waals surface area contributed by atoms with E-state index in [1.165, 1.54) is 61.2 Å². The van der Waals surface area contributed by atoms with Crippen molar-refractivity contribution < 1.29 is 27.2 Å². The average Bonchev–Trinajstić information content (AvgIpc) is 3.81. The van der Waals surface area contributed by atoms with Crippen LogP contribution in [-0.2, 0) is 14.1 Å². The Bertz CT molecular complexity index is 2450. The van der Waals surface area contributed by atoms with E-state index in [4.69, 9.17) is 0 Å². The van der Waals surface area contributed by atoms with Crippen LogP contribution < -0.4 is 10.6 Å². The lowest BCUT2D eigenvalue weighted by atomic mass is 9.78. The first-order valence-electron chi connectivity index (χ1n) is 17.6. The molecule has 0 saturated heterocycles. The number of aliphatic imine (C=N–C) groups is 2. The van der Waals surface area contributed by atoms with Crippen molar-refractivity contribution in [3.63, 3.8) is 0 Å². The third-order valence-corrected chi connectivity index (χ3v) is 10.5. The van der Waals surface area contributed by atoms with Gasteiger partial charge in [0.1, 0.15) is 60.7 Å². The SMILES string of the molecule is Cn1ncnc1[C@@H]1C2=NCC(=O)c3cc(F)cc(c32)N[C@H]1c1ccc(F)cc1.Cn1ncnc1[C@@H]1C2=NCC(=O)c3cc(F)cc(c32)N[C@H]1c1ccc(F)cc1. The first-order chi connectivity index (χ1) is 27.0. The van der Waals surface area contributed by atoms with Gasteiger partial charge in [-0.2, -0.15) is 10.2 Å². The Labute approximate surface area is 316 Å². The summed E-state index contributed by atoms with van der Waals surface area (Å²) < 4.78 is 58.6. The number of hydrogen-bond acceptors (Lipinski definition) is 10. The van der Waals surface area contributed by atoms with Gasteiger partial charge in [-0.3, -0.25) is 28.9 Å². The molecule has 0 radical (unpaired) electrons. The number of Topliss-reactive ketones (excluding diaryl/α,β-unsaturated/α-hetero) is 2. The summed E-state index contributed by atoms with van der Waals surface area (Å²) in [4.78, 5) is 42.5. The van der Waals surface area contributed by atoms with Crippen molar-refractivity contribution in [2.75, 3.05) is 23.7 Å². The van der Waals surface area contributed by atoms with Crippen molar-refractivity contribution in [2.24, 2.45) is 24.1 Å². The molecule has 0 fully saturated rings. The van der Waals surface area contributed by atoms with Gasteiger partial charge < -0.3 is 10.6 Å². The molecule has 4 aliphatic heterocycles. The van der Waals surface area contributed by atoms with Crippen LogP contribution in [0.2, 0.25) is 0 Å². The molecule has 6 aromatic rings. The highest BCUT2D eigenvalue weighted by atomic mass is 19.1. The lowest BCUT2D eigenvalue weighted by Crippen LogP contribution is -2.37. The van der Waals surface area contributed by atoms with Crippen LogP contribution in [-0.4, -0.2) is 65.6 Å². The minimum absolute atomic E-state index is 0.0459. The first-order valence-corrected chi connectivity index (χ1v) is 17.6. The molecule has 0 aliphatic carbocycles. The second-order valence-electron chi connectivity index (χ2n) is 13.8. The van der Waals surface area contributed by atoms with Crippen LogP contribution in [0.1, 0.15) is 78.5 Å². The van der Waals surface area contributed by atoms with Gasteiger partial charge in [-0.25, -0.2) is 27.5 Å². The molecule has 4 aromatic carbocycles. The van der Waals surface area contributed by atoms with Crippen LogP contribution in [0.3, 0.4) is 0 Å². The number of aryl methyl sites for hydroxylation is 2. The Kier molecular flexibility index (Phi) is 8.40. The van der Waals surface area contributed by atoms with Gasteiger partial charge in [0.25, 0.3) is 0 Å². The minimum atomic E-state index is -0.495. The number of ketones is 2. The minimum Gasteiger partial charge on any atom is -0.376 e. The Balaban J connectivity index is 0.000000146. The number of nitrogens with zero attached hydrogens (tertiary/aromatic N) is 8. The summed E-state index contributed by atoms with van der Waals surface area (Å²) in [7, 11) is 3.55. The molecule has 2 aromatic heterocycles. The van der Waals surface area contributed by atoms with Crippen LogP contribution in [0, 0.1) is 23.3 Å². The van der Waals surface area contributed by atoms with E-state index >= 15 is 0 Å². The molecule has 0 amide bonds. The third-order valence-electron chi connectivity index (χ3n) is 10.5. The summed E-state index contributed by atoms with van der Waals surface area (Å²) >= 11 is 0. The second-order valence-corrected chi connectivity index (χ2v) is 13.8. The van der Waals surface area contributed by atoms with Gasteiger partial charge >= 0.3 is 0 Å². The Hall–Kier alpha value is -6.84. The van der Waals surface area contributed by atoms with Crippen molar-refractivity contribution in [3.8, 4) is 0 Å². The molecule has 16 heteroatoms. The highest BCUT2D eigenvalue weighted by Gasteiger charge is 2.43. The summed E-state index contributed by atoms with van der Waals surface area (Å²) in [5.74, 6) is -1.57. The van der Waals surface area contributed by atoms with Crippen LogP contribution in [0.25, 0.3) is 0 Å². The zero-order valence-corrected chi connectivity index (χ0v) is 29.7. The third kappa shape index (κ3) is 5.84. The number of carbonyl (C=O) groups is 2. The van der Waals surface area contributed by atoms with Crippen LogP contribution >= 0.6 is 0 Å². The highest BCUT2D eigenvalue weighted by Crippen LogP contribution is 2.46. The number of carbonyl (C=O) groups excluding carboxylic acids is 2. The number of benzene rings is 4. The molecule has 280 valence electrons. The highest BCUT2D eigenvalue weighted by molar-refractivity contribution is 6.22. The molecular formula is C40H30F4N10O2. The van der Waals surface area contributed by atoms with E-state index in [1.54, 1.807) is 47.7 Å². The van der Waals surface area contributed by atoms with Gasteiger partial charge in [0.15, 0.2) is 11.6 Å². The molecule has 0 spiro atoms. The van der Waals surface area contributed by atoms with Crippen LogP contribution in [0.15, 0.2) is 95.4 Å². The topological polar surface area (TPSA) is 144 Å². The van der Waals surface area contributed by atoms with E-state index < -0.39 is 11.6 Å². The predicted octanol–water partition coefficient (Wildman–Crippen LogP) is 6.06. The number of nitrogens with one attached hydrogen (secondary N) is 2. The molecule has 0 bridgehead atoms. The van der Waals surface area contributed by atoms with Gasteiger partial charge in [-0.15, -0.1) is 0 Å². The zero-order chi connectivity index (χ0) is 38.8. The normalized spacial score (nSPS) is 20.4. The fourth-order valence-corrected chi connectivity index (χ4v) is 8.01. The fraction of sp³-hybridized carbons (Fsp3) is 0.200. The quantitative estimate of drug-likeness (QED) is 0.207. The number of anilines is 2. The standard InChI is InChI=1S/2C20H15F2N5O/c2*1-27-20(24-9-25-27)17-18(10-2-4-11(21)5-3-10)26-14-7-12(22)6-13-15(28)8-23-19(17)16(13)14/h2*2-7,9,17-18,26H,8H2,1H3/t2*17-,18-/m00/s1. The van der Waals surface area contributed by atoms with Crippen molar-refractivity contribution in [2.45, 2.75) is 23.9 Å². The van der Waals surface area contributed by atoms with Gasteiger partial charge in [-0.1, -0.05) is 24.3 Å². The number of aromatic nitrogens is 6. The predicted molar refractivity (Wildman–Crippen MR) is 197 cm³/mol. The summed E-state index contributed by atoms with van der Waals surface area (Å²) in [5.41, 5.74) is 5.74. The van der Waals surface area contributed by atoms with Crippen LogP contribution in [0.5, 0.6) is 0 Å². The van der Waals surface area contributed by atoms with Gasteiger partial charge in [0, 0.05) is 47.7 Å². The Morgan fingerprint density at radius 2 is 0.964 bits per heavy atom. The molecular weight excluding hydrogens is 728 g/mol. The Morgan fingerprint density at radius 3 is 1.32 bits per heavy atom. The van der Waals surface area contributed by atoms with Crippen molar-refractivity contribution >= 4 is 34.4 Å². The van der Waals surface area contributed by atoms with E-state index in [-0.39, 0.29) is 60.2 Å². The fourth-order valence-electron chi connectivity index (χ4n) is 8.01. The first kappa shape index (κ1) is 34.9. The van der Waals surface area contributed by atoms with Gasteiger partial charge in [-0.05, 0) is 59.7 Å². The maximum atomic E-state index is 14.2. The molecule has 4 aliphatic rings. The van der Waals surface area contributed by atoms with E-state index in [0.29, 0.717) is 56.7 Å². The summed E-state index contributed by atoms with van der Waals surface area (Å²) in [6, 6.07) is 16.7. The molecule has 10 rings (SSSR count). The lowest BCUT2D eigenvalue weighted by Gasteiger charge is -2.37. The summed E-state index contributed by atoms with van der Waals surface area (Å²) in [6.45, 7) is -0.0918. The number of rotatable bonds is 4. The van der Waals surface area contributed by atoms with Crippen molar-refractivity contribution in [3.05, 3.63) is 154 Å². The molecule has 0 unspecified atom stereocenters. The van der Waals surface area contributed by atoms with E-state index in [0.717, 1.165) is 11.1 Å². The van der Waals surface area contributed by atoms with Crippen molar-refractivity contribution in [1.29, 1.82) is 0 Å². The van der Waals surface area contributed by atoms with Crippen molar-refractivity contribution in [1.82, 2.24) is 29.5 Å². The number of halogens is 4. The van der Waals surface area contributed by atoms with E-state index in [2.05, 4.69) is 40.8 Å². The molecule has 12 nitrogen and oxygen atoms in total. The average molecular weight is 759 g/mol. The van der Waals surface area contributed by atoms with Crippen LogP contribution in [0.4, 0.5) is 28.9 Å². The largest absolute Gasteiger partial charge is 0.376 e. The smallest absolute Gasteiger partial charge is 0.185 e. The molecule has 4 atom stereocenters. The summed E-state index contributed by atoms with van der Waals surface area (Å²) in [5, 5.41) is 15.0.